The van der Waals surface area contributed by atoms with Crippen LogP contribution >= 0.6 is 0 Å². The standard InChI is InChI=1S/C17H16O/c1-17(2)10-15-8-13-6-4-3-5-12(13)7-14(15)9-16(18)11-17/h3-10H,11H2,1-2H3. The fourth-order valence-electron chi connectivity index (χ4n) is 2.67. The van der Waals surface area contributed by atoms with E-state index < -0.39 is 0 Å². The second kappa shape index (κ2) is 3.81. The molecule has 0 N–H and O–H groups in total. The van der Waals surface area contributed by atoms with E-state index in [1.54, 1.807) is 6.08 Å². The third-order valence-electron chi connectivity index (χ3n) is 3.44. The van der Waals surface area contributed by atoms with E-state index in [0.29, 0.717) is 6.42 Å². The zero-order chi connectivity index (χ0) is 12.8. The summed E-state index contributed by atoms with van der Waals surface area (Å²) in [5, 5.41) is 4.63. The molecule has 2 aromatic carbocycles. The summed E-state index contributed by atoms with van der Waals surface area (Å²) in [5.41, 5.74) is -0.0682. The Hall–Kier alpha value is -1.89. The zero-order valence-corrected chi connectivity index (χ0v) is 10.7. The molecule has 1 aliphatic rings. The molecule has 0 saturated carbocycles. The molecule has 0 spiro atoms. The number of carbonyl (C=O) groups excluding carboxylic acids is 1. The van der Waals surface area contributed by atoms with Gasteiger partial charge in [-0.25, -0.2) is 0 Å². The summed E-state index contributed by atoms with van der Waals surface area (Å²) in [7, 11) is 0. The molecule has 0 fully saturated rings. The van der Waals surface area contributed by atoms with Crippen LogP contribution in [0.3, 0.4) is 0 Å². The Kier molecular flexibility index (Phi) is 2.37. The van der Waals surface area contributed by atoms with Crippen molar-refractivity contribution >= 4 is 28.7 Å². The quantitative estimate of drug-likeness (QED) is 0.686. The minimum atomic E-state index is -0.0682. The number of carbonyl (C=O) groups is 1. The van der Waals surface area contributed by atoms with Crippen LogP contribution in [0.4, 0.5) is 0 Å². The lowest BCUT2D eigenvalue weighted by Gasteiger charge is -2.16. The first kappa shape index (κ1) is 11.2. The van der Waals surface area contributed by atoms with Crippen LogP contribution in [0.1, 0.15) is 20.3 Å². The van der Waals surface area contributed by atoms with Gasteiger partial charge in [-0.2, -0.15) is 0 Å². The summed E-state index contributed by atoms with van der Waals surface area (Å²) in [5.74, 6) is 0.213. The van der Waals surface area contributed by atoms with E-state index in [0.717, 1.165) is 5.22 Å². The second-order valence-corrected chi connectivity index (χ2v) is 5.75. The minimum absolute atomic E-state index is 0.0682. The number of hydrogen-bond donors (Lipinski definition) is 0. The van der Waals surface area contributed by atoms with E-state index in [4.69, 9.17) is 0 Å². The van der Waals surface area contributed by atoms with Crippen molar-refractivity contribution in [2.45, 2.75) is 20.3 Å². The second-order valence-electron chi connectivity index (χ2n) is 5.75. The monoisotopic (exact) mass is 236 g/mol. The minimum Gasteiger partial charge on any atom is -0.295 e. The molecule has 0 bridgehead atoms. The van der Waals surface area contributed by atoms with E-state index in [1.807, 2.05) is 12.1 Å². The van der Waals surface area contributed by atoms with Crippen LogP contribution in [-0.2, 0) is 4.79 Å². The highest BCUT2D eigenvalue weighted by Gasteiger charge is 2.20. The number of hydrogen-bond acceptors (Lipinski definition) is 1. The van der Waals surface area contributed by atoms with Crippen molar-refractivity contribution in [2.24, 2.45) is 5.41 Å². The molecule has 1 aliphatic carbocycles. The molecular weight excluding hydrogens is 220 g/mol. The molecule has 0 aromatic heterocycles. The van der Waals surface area contributed by atoms with Gasteiger partial charge in [-0.15, -0.1) is 0 Å². The van der Waals surface area contributed by atoms with Gasteiger partial charge in [0.15, 0.2) is 5.78 Å². The third kappa shape index (κ3) is 1.97. The van der Waals surface area contributed by atoms with Crippen molar-refractivity contribution in [3.63, 3.8) is 0 Å². The van der Waals surface area contributed by atoms with Crippen LogP contribution in [0.15, 0.2) is 36.4 Å². The molecule has 2 aromatic rings. The Morgan fingerprint density at radius 2 is 1.61 bits per heavy atom. The van der Waals surface area contributed by atoms with Gasteiger partial charge in [-0.3, -0.25) is 4.79 Å². The van der Waals surface area contributed by atoms with Crippen molar-refractivity contribution in [2.75, 3.05) is 0 Å². The van der Waals surface area contributed by atoms with Gasteiger partial charge in [0.1, 0.15) is 0 Å². The highest BCUT2D eigenvalue weighted by Crippen LogP contribution is 2.23. The molecule has 1 nitrogen and oxygen atoms in total. The molecular formula is C17H16O. The van der Waals surface area contributed by atoms with Crippen LogP contribution in [0, 0.1) is 5.41 Å². The lowest BCUT2D eigenvalue weighted by Crippen LogP contribution is -2.25. The largest absolute Gasteiger partial charge is 0.295 e. The van der Waals surface area contributed by atoms with E-state index in [1.165, 1.54) is 16.0 Å². The highest BCUT2D eigenvalue weighted by atomic mass is 16.1. The first-order chi connectivity index (χ1) is 8.53. The summed E-state index contributed by atoms with van der Waals surface area (Å²) in [4.78, 5) is 11.9. The lowest BCUT2D eigenvalue weighted by molar-refractivity contribution is -0.114. The van der Waals surface area contributed by atoms with Crippen molar-refractivity contribution in [3.05, 3.63) is 46.8 Å². The van der Waals surface area contributed by atoms with Crippen LogP contribution in [-0.4, -0.2) is 5.78 Å². The summed E-state index contributed by atoms with van der Waals surface area (Å²) in [6, 6.07) is 12.6. The molecule has 0 saturated heterocycles. The lowest BCUT2D eigenvalue weighted by atomic mass is 9.87. The molecule has 0 atom stereocenters. The first-order valence-corrected chi connectivity index (χ1v) is 6.30. The predicted molar refractivity (Wildman–Crippen MR) is 75.5 cm³/mol. The fraction of sp³-hybridized carbons (Fsp3) is 0.235. The number of Topliss-reactive ketones (excluding diaryl/α,β-unsaturated/α-hetero) is 1. The number of benzene rings is 2. The Bertz CT molecular complexity index is 751. The third-order valence-corrected chi connectivity index (χ3v) is 3.44. The number of fused-ring (bicyclic) bond motifs is 2. The molecule has 0 radical (unpaired) electrons. The SMILES string of the molecule is CC1(C)C=c2cc3ccccc3cc2=CC(=O)C1. The molecule has 0 aliphatic heterocycles. The predicted octanol–water partition coefficient (Wildman–Crippen LogP) is 2.40. The Balaban J connectivity index is 2.44. The zero-order valence-electron chi connectivity index (χ0n) is 10.7. The number of rotatable bonds is 0. The van der Waals surface area contributed by atoms with Gasteiger partial charge in [0.05, 0.1) is 0 Å². The maximum atomic E-state index is 11.9. The first-order valence-electron chi connectivity index (χ1n) is 6.30. The summed E-state index contributed by atoms with van der Waals surface area (Å²) in [6.07, 6.45) is 4.58. The fourth-order valence-corrected chi connectivity index (χ4v) is 2.67. The van der Waals surface area contributed by atoms with Gasteiger partial charge in [0, 0.05) is 6.42 Å². The van der Waals surface area contributed by atoms with Gasteiger partial charge >= 0.3 is 0 Å². The van der Waals surface area contributed by atoms with Gasteiger partial charge in [-0.1, -0.05) is 44.2 Å². The van der Waals surface area contributed by atoms with E-state index in [2.05, 4.69) is 44.2 Å². The molecule has 90 valence electrons. The maximum absolute atomic E-state index is 11.9. The van der Waals surface area contributed by atoms with Gasteiger partial charge in [0.2, 0.25) is 0 Å². The molecule has 3 rings (SSSR count). The van der Waals surface area contributed by atoms with Crippen LogP contribution in [0.25, 0.3) is 22.9 Å². The molecule has 0 amide bonds. The molecule has 18 heavy (non-hydrogen) atoms. The van der Waals surface area contributed by atoms with E-state index in [9.17, 15) is 4.79 Å². The normalized spacial score (nSPS) is 17.6. The van der Waals surface area contributed by atoms with Crippen LogP contribution in [0.5, 0.6) is 0 Å². The van der Waals surface area contributed by atoms with Gasteiger partial charge in [-0.05, 0) is 44.8 Å². The van der Waals surface area contributed by atoms with Crippen molar-refractivity contribution in [1.82, 2.24) is 0 Å². The average molecular weight is 236 g/mol. The van der Waals surface area contributed by atoms with Gasteiger partial charge in [0.25, 0.3) is 0 Å². The van der Waals surface area contributed by atoms with Gasteiger partial charge < -0.3 is 0 Å². The summed E-state index contributed by atoms with van der Waals surface area (Å²) in [6.45, 7) is 4.23. The maximum Gasteiger partial charge on any atom is 0.157 e. The smallest absolute Gasteiger partial charge is 0.157 e. The topological polar surface area (TPSA) is 17.1 Å². The van der Waals surface area contributed by atoms with Crippen molar-refractivity contribution in [1.29, 1.82) is 0 Å². The Morgan fingerprint density at radius 1 is 1.00 bits per heavy atom. The summed E-state index contributed by atoms with van der Waals surface area (Å²) >= 11 is 0. The van der Waals surface area contributed by atoms with Crippen molar-refractivity contribution < 1.29 is 4.79 Å². The average Bonchev–Trinajstić information content (AvgIpc) is 2.38. The highest BCUT2D eigenvalue weighted by molar-refractivity contribution is 6.07. The van der Waals surface area contributed by atoms with E-state index in [-0.39, 0.29) is 11.2 Å². The van der Waals surface area contributed by atoms with Crippen molar-refractivity contribution in [3.8, 4) is 0 Å². The molecule has 0 heterocycles. The summed E-state index contributed by atoms with van der Waals surface area (Å²) < 4.78 is 0. The Morgan fingerprint density at radius 3 is 2.28 bits per heavy atom. The Labute approximate surface area is 106 Å². The number of ketones is 1. The van der Waals surface area contributed by atoms with E-state index >= 15 is 0 Å². The van der Waals surface area contributed by atoms with Crippen LogP contribution in [0.2, 0.25) is 0 Å². The molecule has 1 heteroatoms. The molecule has 0 unspecified atom stereocenters. The van der Waals surface area contributed by atoms with Crippen LogP contribution < -0.4 is 10.4 Å².